The van der Waals surface area contributed by atoms with Crippen LogP contribution < -0.4 is 16.0 Å². The van der Waals surface area contributed by atoms with Crippen LogP contribution in [-0.2, 0) is 9.53 Å². The maximum absolute atomic E-state index is 12.7. The van der Waals surface area contributed by atoms with Gasteiger partial charge in [0.25, 0.3) is 0 Å². The number of amides is 2. The van der Waals surface area contributed by atoms with E-state index < -0.39 is 23.8 Å². The highest BCUT2D eigenvalue weighted by Crippen LogP contribution is 2.16. The number of aliphatic hydroxyl groups is 1. The monoisotopic (exact) mass is 357 g/mol. The van der Waals surface area contributed by atoms with Gasteiger partial charge in [0, 0.05) is 6.54 Å². The lowest BCUT2D eigenvalue weighted by atomic mass is 9.94. The van der Waals surface area contributed by atoms with Gasteiger partial charge < -0.3 is 25.8 Å². The molecule has 1 aliphatic rings. The Bertz CT molecular complexity index is 436. The number of carbonyl (C=O) groups is 2. The first-order chi connectivity index (χ1) is 11.5. The largest absolute Gasteiger partial charge is 0.444 e. The summed E-state index contributed by atoms with van der Waals surface area (Å²) < 4.78 is 5.26. The van der Waals surface area contributed by atoms with Crippen molar-refractivity contribution in [3.05, 3.63) is 0 Å². The number of carbonyl (C=O) groups excluding carboxylic acids is 2. The lowest BCUT2D eigenvalue weighted by Crippen LogP contribution is -2.55. The fourth-order valence-electron chi connectivity index (χ4n) is 2.92. The van der Waals surface area contributed by atoms with Crippen LogP contribution in [-0.4, -0.2) is 54.0 Å². The van der Waals surface area contributed by atoms with Gasteiger partial charge in [0.15, 0.2) is 0 Å². The lowest BCUT2D eigenvalue weighted by molar-refractivity contribution is -0.125. The number of nitrogens with one attached hydrogen (secondary N) is 3. The van der Waals surface area contributed by atoms with E-state index in [4.69, 9.17) is 4.74 Å². The first-order valence-electron chi connectivity index (χ1n) is 9.18. The number of rotatable bonds is 5. The highest BCUT2D eigenvalue weighted by atomic mass is 16.6. The summed E-state index contributed by atoms with van der Waals surface area (Å²) in [4.78, 5) is 24.8. The molecule has 1 rings (SSSR count). The highest BCUT2D eigenvalue weighted by Gasteiger charge is 2.32. The fraction of sp³-hybridized carbons (Fsp3) is 0.889. The molecule has 0 aromatic rings. The summed E-state index contributed by atoms with van der Waals surface area (Å²) in [5.41, 5.74) is -0.624. The Balaban J connectivity index is 2.76. The molecule has 25 heavy (non-hydrogen) atoms. The minimum atomic E-state index is -0.689. The van der Waals surface area contributed by atoms with Crippen molar-refractivity contribution in [1.29, 1.82) is 0 Å². The van der Waals surface area contributed by atoms with Gasteiger partial charge in [-0.15, -0.1) is 0 Å². The van der Waals surface area contributed by atoms with Crippen molar-refractivity contribution >= 4 is 12.0 Å². The summed E-state index contributed by atoms with van der Waals surface area (Å²) in [6.45, 7) is 12.6. The van der Waals surface area contributed by atoms with Crippen LogP contribution in [0.2, 0.25) is 0 Å². The van der Waals surface area contributed by atoms with E-state index in [9.17, 15) is 14.7 Å². The molecule has 7 nitrogen and oxygen atoms in total. The molecule has 146 valence electrons. The molecule has 0 aromatic carbocycles. The van der Waals surface area contributed by atoms with Gasteiger partial charge in [0.2, 0.25) is 5.91 Å². The standard InChI is InChI=1S/C18H35N3O4/c1-11(2)9-13(20-17(24)25-18(4,5)6)16(23)21-15-12(3)7-8-19-10-14(15)22/h11-15,19,22H,7-10H2,1-6H3,(H,20,24)(H,21,23)/t12?,13-,14?,15?/m0/s1. The Morgan fingerprint density at radius 3 is 2.52 bits per heavy atom. The summed E-state index contributed by atoms with van der Waals surface area (Å²) >= 11 is 0. The highest BCUT2D eigenvalue weighted by molar-refractivity contribution is 5.86. The minimum absolute atomic E-state index is 0.148. The average molecular weight is 357 g/mol. The van der Waals surface area contributed by atoms with E-state index >= 15 is 0 Å². The summed E-state index contributed by atoms with van der Waals surface area (Å²) in [5, 5.41) is 19.0. The third kappa shape index (κ3) is 8.05. The van der Waals surface area contributed by atoms with Crippen molar-refractivity contribution in [2.24, 2.45) is 11.8 Å². The SMILES string of the molecule is CC(C)C[C@H](NC(=O)OC(C)(C)C)C(=O)NC1C(C)CCNCC1O. The summed E-state index contributed by atoms with van der Waals surface area (Å²) in [6.07, 6.45) is 0.115. The molecule has 2 amide bonds. The predicted octanol–water partition coefficient (Wildman–Crippen LogP) is 1.40. The molecule has 1 saturated heterocycles. The van der Waals surface area contributed by atoms with Gasteiger partial charge in [0.05, 0.1) is 12.1 Å². The van der Waals surface area contributed by atoms with Crippen LogP contribution in [0.5, 0.6) is 0 Å². The topological polar surface area (TPSA) is 99.7 Å². The van der Waals surface area contributed by atoms with Gasteiger partial charge in [-0.05, 0) is 52.0 Å². The second-order valence-electron chi connectivity index (χ2n) is 8.40. The zero-order valence-electron chi connectivity index (χ0n) is 16.4. The third-order valence-corrected chi connectivity index (χ3v) is 4.18. The van der Waals surface area contributed by atoms with Gasteiger partial charge in [-0.3, -0.25) is 4.79 Å². The second-order valence-corrected chi connectivity index (χ2v) is 8.40. The van der Waals surface area contributed by atoms with Crippen molar-refractivity contribution in [1.82, 2.24) is 16.0 Å². The lowest BCUT2D eigenvalue weighted by Gasteiger charge is -2.30. The Kier molecular flexibility index (Phi) is 8.15. The van der Waals surface area contributed by atoms with Crippen molar-refractivity contribution < 1.29 is 19.4 Å². The molecule has 0 spiro atoms. The Morgan fingerprint density at radius 1 is 1.32 bits per heavy atom. The van der Waals surface area contributed by atoms with Gasteiger partial charge in [0.1, 0.15) is 11.6 Å². The van der Waals surface area contributed by atoms with Crippen LogP contribution in [0.4, 0.5) is 4.79 Å². The van der Waals surface area contributed by atoms with Crippen LogP contribution in [0.25, 0.3) is 0 Å². The maximum Gasteiger partial charge on any atom is 0.408 e. The fourth-order valence-corrected chi connectivity index (χ4v) is 2.92. The second kappa shape index (κ2) is 9.38. The van der Waals surface area contributed by atoms with E-state index in [1.165, 1.54) is 0 Å². The molecule has 1 fully saturated rings. The smallest absolute Gasteiger partial charge is 0.408 e. The van der Waals surface area contributed by atoms with Gasteiger partial charge >= 0.3 is 6.09 Å². The molecular weight excluding hydrogens is 322 g/mol. The Morgan fingerprint density at radius 2 is 1.96 bits per heavy atom. The van der Waals surface area contributed by atoms with Crippen molar-refractivity contribution in [3.63, 3.8) is 0 Å². The average Bonchev–Trinajstić information content (AvgIpc) is 2.59. The van der Waals surface area contributed by atoms with E-state index in [0.717, 1.165) is 13.0 Å². The third-order valence-electron chi connectivity index (χ3n) is 4.18. The molecule has 7 heteroatoms. The van der Waals surface area contributed by atoms with Crippen molar-refractivity contribution in [2.45, 2.75) is 78.2 Å². The molecule has 4 atom stereocenters. The first kappa shape index (κ1) is 21.7. The van der Waals surface area contributed by atoms with E-state index in [0.29, 0.717) is 13.0 Å². The Labute approximate surface area is 151 Å². The molecule has 0 radical (unpaired) electrons. The van der Waals surface area contributed by atoms with Gasteiger partial charge in [-0.25, -0.2) is 4.79 Å². The number of aliphatic hydroxyl groups excluding tert-OH is 1. The summed E-state index contributed by atoms with van der Waals surface area (Å²) in [7, 11) is 0. The van der Waals surface area contributed by atoms with Gasteiger partial charge in [-0.2, -0.15) is 0 Å². The minimum Gasteiger partial charge on any atom is -0.444 e. The Hall–Kier alpha value is -1.34. The zero-order chi connectivity index (χ0) is 19.2. The van der Waals surface area contributed by atoms with E-state index in [2.05, 4.69) is 16.0 Å². The maximum atomic E-state index is 12.7. The van der Waals surface area contributed by atoms with Gasteiger partial charge in [-0.1, -0.05) is 20.8 Å². The van der Waals surface area contributed by atoms with Crippen LogP contribution >= 0.6 is 0 Å². The molecule has 0 aromatic heterocycles. The quantitative estimate of drug-likeness (QED) is 0.596. The van der Waals surface area contributed by atoms with Crippen LogP contribution in [0.3, 0.4) is 0 Å². The normalized spacial score (nSPS) is 25.8. The van der Waals surface area contributed by atoms with Crippen LogP contribution in [0.15, 0.2) is 0 Å². The van der Waals surface area contributed by atoms with E-state index in [-0.39, 0.29) is 23.8 Å². The molecule has 1 aliphatic heterocycles. The predicted molar refractivity (Wildman–Crippen MR) is 97.2 cm³/mol. The molecule has 0 bridgehead atoms. The number of hydrogen-bond acceptors (Lipinski definition) is 5. The molecule has 0 saturated carbocycles. The number of β-amino-alcohol motifs (C(OH)–C–C–N with tert-alkyl or cyclic N) is 1. The van der Waals surface area contributed by atoms with Crippen molar-refractivity contribution in [2.75, 3.05) is 13.1 Å². The van der Waals surface area contributed by atoms with Crippen molar-refractivity contribution in [3.8, 4) is 0 Å². The summed E-state index contributed by atoms with van der Waals surface area (Å²) in [6, 6.07) is -1.02. The van der Waals surface area contributed by atoms with Crippen LogP contribution in [0.1, 0.15) is 54.4 Å². The number of alkyl carbamates (subject to hydrolysis) is 1. The number of hydrogen-bond donors (Lipinski definition) is 4. The molecule has 3 unspecified atom stereocenters. The van der Waals surface area contributed by atoms with Crippen LogP contribution in [0, 0.1) is 11.8 Å². The molecule has 0 aliphatic carbocycles. The molecule has 4 N–H and O–H groups in total. The van der Waals surface area contributed by atoms with E-state index in [1.54, 1.807) is 20.8 Å². The molecule has 1 heterocycles. The first-order valence-corrected chi connectivity index (χ1v) is 9.18. The molecular formula is C18H35N3O4. The summed E-state index contributed by atoms with van der Waals surface area (Å²) in [5.74, 6) is 0.0939. The van der Waals surface area contributed by atoms with E-state index in [1.807, 2.05) is 20.8 Å². The number of ether oxygens (including phenoxy) is 1. The zero-order valence-corrected chi connectivity index (χ0v) is 16.4.